The molecular weight excluding hydrogens is 242 g/mol. The van der Waals surface area contributed by atoms with Crippen molar-refractivity contribution >= 4 is 15.9 Å². The molecule has 1 rings (SSSR count). The number of hydrogen-bond donors (Lipinski definition) is 1. The lowest BCUT2D eigenvalue weighted by atomic mass is 10.2. The van der Waals surface area contributed by atoms with Crippen LogP contribution in [0.4, 0.5) is 0 Å². The van der Waals surface area contributed by atoms with Crippen LogP contribution in [0, 0.1) is 0 Å². The summed E-state index contributed by atoms with van der Waals surface area (Å²) in [5.41, 5.74) is 1.27. The second kappa shape index (κ2) is 6.17. The van der Waals surface area contributed by atoms with E-state index in [1.807, 2.05) is 12.1 Å². The van der Waals surface area contributed by atoms with Gasteiger partial charge in [-0.05, 0) is 24.2 Å². The van der Waals surface area contributed by atoms with Gasteiger partial charge in [-0.1, -0.05) is 35.0 Å². The largest absolute Gasteiger partial charge is 0.395 e. The number of benzene rings is 1. The molecule has 0 aliphatic carbocycles. The maximum absolute atomic E-state index is 8.85. The molecule has 0 unspecified atom stereocenters. The molecule has 1 aromatic rings. The summed E-state index contributed by atoms with van der Waals surface area (Å²) in [6, 6.07) is 8.27. The Morgan fingerprint density at radius 2 is 2.21 bits per heavy atom. The Balaban J connectivity index is 2.57. The zero-order chi connectivity index (χ0) is 10.4. The molecule has 0 aromatic heterocycles. The summed E-state index contributed by atoms with van der Waals surface area (Å²) in [7, 11) is 0. The summed E-state index contributed by atoms with van der Waals surface area (Å²) in [6.45, 7) is 4.93. The van der Waals surface area contributed by atoms with E-state index in [2.05, 4.69) is 39.9 Å². The van der Waals surface area contributed by atoms with Crippen molar-refractivity contribution in [3.05, 3.63) is 34.3 Å². The van der Waals surface area contributed by atoms with E-state index < -0.39 is 0 Å². The molecule has 0 heterocycles. The first-order valence-corrected chi connectivity index (χ1v) is 5.63. The summed E-state index contributed by atoms with van der Waals surface area (Å²) in [5.74, 6) is 0. The molecule has 0 radical (unpaired) electrons. The van der Waals surface area contributed by atoms with Crippen molar-refractivity contribution in [1.82, 2.24) is 4.90 Å². The molecule has 0 aliphatic heterocycles. The Bertz CT molecular complexity index is 278. The first-order chi connectivity index (χ1) is 6.76. The van der Waals surface area contributed by atoms with Crippen LogP contribution in [0.2, 0.25) is 0 Å². The van der Waals surface area contributed by atoms with Crippen LogP contribution in [0.15, 0.2) is 28.7 Å². The summed E-state index contributed by atoms with van der Waals surface area (Å²) in [6.07, 6.45) is 0. The van der Waals surface area contributed by atoms with E-state index >= 15 is 0 Å². The fraction of sp³-hybridized carbons (Fsp3) is 0.455. The van der Waals surface area contributed by atoms with Gasteiger partial charge in [0.25, 0.3) is 0 Å². The predicted molar refractivity (Wildman–Crippen MR) is 62.2 cm³/mol. The third-order valence-electron chi connectivity index (χ3n) is 2.16. The zero-order valence-corrected chi connectivity index (χ0v) is 10.00. The lowest BCUT2D eigenvalue weighted by Crippen LogP contribution is -2.25. The van der Waals surface area contributed by atoms with Gasteiger partial charge in [0.1, 0.15) is 0 Å². The van der Waals surface area contributed by atoms with E-state index in [1.54, 1.807) is 0 Å². The van der Waals surface area contributed by atoms with E-state index in [0.29, 0.717) is 0 Å². The third kappa shape index (κ3) is 3.78. The highest BCUT2D eigenvalue weighted by molar-refractivity contribution is 9.10. The molecular formula is C11H16BrNO. The monoisotopic (exact) mass is 257 g/mol. The topological polar surface area (TPSA) is 23.5 Å². The van der Waals surface area contributed by atoms with E-state index in [9.17, 15) is 0 Å². The molecule has 1 aromatic carbocycles. The van der Waals surface area contributed by atoms with Gasteiger partial charge in [0.2, 0.25) is 0 Å². The Labute approximate surface area is 93.7 Å². The summed E-state index contributed by atoms with van der Waals surface area (Å²) < 4.78 is 1.11. The lowest BCUT2D eigenvalue weighted by molar-refractivity contribution is 0.197. The van der Waals surface area contributed by atoms with Gasteiger partial charge in [0, 0.05) is 17.6 Å². The van der Waals surface area contributed by atoms with Crippen LogP contribution in [0.1, 0.15) is 12.5 Å². The van der Waals surface area contributed by atoms with Crippen molar-refractivity contribution in [2.45, 2.75) is 13.5 Å². The minimum Gasteiger partial charge on any atom is -0.395 e. The average Bonchev–Trinajstić information content (AvgIpc) is 2.17. The minimum atomic E-state index is 0.224. The van der Waals surface area contributed by atoms with Crippen molar-refractivity contribution < 1.29 is 5.11 Å². The highest BCUT2D eigenvalue weighted by Crippen LogP contribution is 2.13. The molecule has 2 nitrogen and oxygen atoms in total. The molecule has 0 atom stereocenters. The molecule has 0 saturated heterocycles. The summed E-state index contributed by atoms with van der Waals surface area (Å²) >= 11 is 3.45. The van der Waals surface area contributed by atoms with Crippen LogP contribution in [0.5, 0.6) is 0 Å². The number of rotatable bonds is 5. The van der Waals surface area contributed by atoms with Gasteiger partial charge in [0.15, 0.2) is 0 Å². The van der Waals surface area contributed by atoms with Crippen LogP contribution < -0.4 is 0 Å². The molecule has 3 heteroatoms. The molecule has 1 N–H and O–H groups in total. The maximum atomic E-state index is 8.85. The van der Waals surface area contributed by atoms with Gasteiger partial charge >= 0.3 is 0 Å². The summed E-state index contributed by atoms with van der Waals surface area (Å²) in [4.78, 5) is 2.21. The van der Waals surface area contributed by atoms with Gasteiger partial charge < -0.3 is 5.11 Å². The van der Waals surface area contributed by atoms with Gasteiger partial charge in [0.05, 0.1) is 6.61 Å². The number of aliphatic hydroxyl groups excluding tert-OH is 1. The highest BCUT2D eigenvalue weighted by Gasteiger charge is 2.02. The van der Waals surface area contributed by atoms with Gasteiger partial charge in [-0.2, -0.15) is 0 Å². The lowest BCUT2D eigenvalue weighted by Gasteiger charge is -2.19. The SMILES string of the molecule is CCN(CCO)Cc1cccc(Br)c1. The minimum absolute atomic E-state index is 0.224. The first kappa shape index (κ1) is 11.7. The van der Waals surface area contributed by atoms with Gasteiger partial charge in [-0.3, -0.25) is 4.90 Å². The van der Waals surface area contributed by atoms with Gasteiger partial charge in [-0.25, -0.2) is 0 Å². The van der Waals surface area contributed by atoms with Crippen molar-refractivity contribution in [1.29, 1.82) is 0 Å². The van der Waals surface area contributed by atoms with E-state index in [0.717, 1.165) is 24.1 Å². The second-order valence-electron chi connectivity index (χ2n) is 3.22. The van der Waals surface area contributed by atoms with Crippen LogP contribution >= 0.6 is 15.9 Å². The second-order valence-corrected chi connectivity index (χ2v) is 4.14. The molecule has 78 valence electrons. The van der Waals surface area contributed by atoms with Crippen LogP contribution in [0.25, 0.3) is 0 Å². The molecule has 0 aliphatic rings. The molecule has 0 amide bonds. The smallest absolute Gasteiger partial charge is 0.0558 e. The van der Waals surface area contributed by atoms with E-state index in [-0.39, 0.29) is 6.61 Å². The number of likely N-dealkylation sites (N-methyl/N-ethyl adjacent to an activating group) is 1. The van der Waals surface area contributed by atoms with E-state index in [1.165, 1.54) is 5.56 Å². The van der Waals surface area contributed by atoms with Crippen molar-refractivity contribution in [3.8, 4) is 0 Å². The van der Waals surface area contributed by atoms with Crippen LogP contribution in [-0.2, 0) is 6.54 Å². The average molecular weight is 258 g/mol. The maximum Gasteiger partial charge on any atom is 0.0558 e. The number of hydrogen-bond acceptors (Lipinski definition) is 2. The molecule has 14 heavy (non-hydrogen) atoms. The van der Waals surface area contributed by atoms with Crippen molar-refractivity contribution in [2.24, 2.45) is 0 Å². The Morgan fingerprint density at radius 3 is 2.79 bits per heavy atom. The number of halogens is 1. The standard InChI is InChI=1S/C11H16BrNO/c1-2-13(6-7-14)9-10-4-3-5-11(12)8-10/h3-5,8,14H,2,6-7,9H2,1H3. The zero-order valence-electron chi connectivity index (χ0n) is 8.41. The van der Waals surface area contributed by atoms with Crippen molar-refractivity contribution in [3.63, 3.8) is 0 Å². The predicted octanol–water partition coefficient (Wildman–Crippen LogP) is 2.26. The number of nitrogens with zero attached hydrogens (tertiary/aromatic N) is 1. The fourth-order valence-electron chi connectivity index (χ4n) is 1.38. The molecule has 0 saturated carbocycles. The first-order valence-electron chi connectivity index (χ1n) is 4.84. The van der Waals surface area contributed by atoms with Crippen molar-refractivity contribution in [2.75, 3.05) is 19.7 Å². The fourth-order valence-corrected chi connectivity index (χ4v) is 1.83. The van der Waals surface area contributed by atoms with Crippen LogP contribution in [-0.4, -0.2) is 29.7 Å². The Kier molecular flexibility index (Phi) is 5.15. The highest BCUT2D eigenvalue weighted by atomic mass is 79.9. The Morgan fingerprint density at radius 1 is 1.43 bits per heavy atom. The Hall–Kier alpha value is -0.380. The molecule has 0 fully saturated rings. The summed E-state index contributed by atoms with van der Waals surface area (Å²) in [5, 5.41) is 8.85. The quantitative estimate of drug-likeness (QED) is 0.875. The molecule has 0 spiro atoms. The third-order valence-corrected chi connectivity index (χ3v) is 2.65. The number of aliphatic hydroxyl groups is 1. The molecule has 0 bridgehead atoms. The van der Waals surface area contributed by atoms with E-state index in [4.69, 9.17) is 5.11 Å². The normalized spacial score (nSPS) is 10.9. The van der Waals surface area contributed by atoms with Gasteiger partial charge in [-0.15, -0.1) is 0 Å². The van der Waals surface area contributed by atoms with Crippen LogP contribution in [0.3, 0.4) is 0 Å².